The van der Waals surface area contributed by atoms with Crippen molar-refractivity contribution in [2.45, 2.75) is 32.3 Å². The van der Waals surface area contributed by atoms with E-state index < -0.39 is 0 Å². The van der Waals surface area contributed by atoms with Crippen molar-refractivity contribution < 1.29 is 14.3 Å². The quantitative estimate of drug-likeness (QED) is 0.698. The Kier molecular flexibility index (Phi) is 7.82. The van der Waals surface area contributed by atoms with Gasteiger partial charge < -0.3 is 15.4 Å². The first kappa shape index (κ1) is 20.8. The van der Waals surface area contributed by atoms with E-state index in [0.29, 0.717) is 19.6 Å². The van der Waals surface area contributed by atoms with E-state index in [2.05, 4.69) is 27.4 Å². The fourth-order valence-corrected chi connectivity index (χ4v) is 3.74. The van der Waals surface area contributed by atoms with Gasteiger partial charge in [0.15, 0.2) is 0 Å². The molecule has 1 atom stereocenters. The zero-order valence-electron chi connectivity index (χ0n) is 16.8. The molecular formula is C21H32N4O3. The number of hydrogen-bond acceptors (Lipinski definition) is 5. The van der Waals surface area contributed by atoms with Crippen LogP contribution in [0.2, 0.25) is 0 Å². The molecule has 0 saturated carbocycles. The maximum atomic E-state index is 12.4. The molecule has 0 unspecified atom stereocenters. The lowest BCUT2D eigenvalue weighted by molar-refractivity contribution is -0.124. The molecule has 2 aliphatic heterocycles. The Morgan fingerprint density at radius 1 is 1.07 bits per heavy atom. The molecule has 2 N–H and O–H groups in total. The Labute approximate surface area is 167 Å². The second-order valence-corrected chi connectivity index (χ2v) is 7.55. The van der Waals surface area contributed by atoms with Crippen molar-refractivity contribution >= 4 is 17.5 Å². The van der Waals surface area contributed by atoms with Crippen LogP contribution >= 0.6 is 0 Å². The number of amides is 2. The highest BCUT2D eigenvalue weighted by atomic mass is 16.5. The zero-order chi connectivity index (χ0) is 19.8. The Balaban J connectivity index is 1.34. The summed E-state index contributed by atoms with van der Waals surface area (Å²) in [5, 5.41) is 6.00. The zero-order valence-corrected chi connectivity index (χ0v) is 16.8. The number of aryl methyl sites for hydroxylation is 1. The lowest BCUT2D eigenvalue weighted by Crippen LogP contribution is -2.51. The van der Waals surface area contributed by atoms with Crippen molar-refractivity contribution in [1.82, 2.24) is 15.1 Å². The van der Waals surface area contributed by atoms with Crippen molar-refractivity contribution in [2.75, 3.05) is 57.7 Å². The normalized spacial score (nSPS) is 20.8. The number of nitrogens with one attached hydrogen (secondary N) is 2. The van der Waals surface area contributed by atoms with Crippen molar-refractivity contribution in [1.29, 1.82) is 0 Å². The molecular weight excluding hydrogens is 356 g/mol. The van der Waals surface area contributed by atoms with Crippen LogP contribution in [0.3, 0.4) is 0 Å². The second-order valence-electron chi connectivity index (χ2n) is 7.55. The van der Waals surface area contributed by atoms with Gasteiger partial charge in [0, 0.05) is 45.0 Å². The van der Waals surface area contributed by atoms with Gasteiger partial charge >= 0.3 is 0 Å². The molecule has 0 aromatic heterocycles. The molecule has 0 bridgehead atoms. The van der Waals surface area contributed by atoms with Gasteiger partial charge in [-0.3, -0.25) is 19.4 Å². The molecule has 1 aromatic rings. The molecule has 28 heavy (non-hydrogen) atoms. The van der Waals surface area contributed by atoms with Crippen LogP contribution in [0.25, 0.3) is 0 Å². The molecule has 2 saturated heterocycles. The Hall–Kier alpha value is -1.96. The van der Waals surface area contributed by atoms with E-state index in [1.54, 1.807) is 0 Å². The van der Waals surface area contributed by atoms with Crippen LogP contribution in [0.4, 0.5) is 5.69 Å². The van der Waals surface area contributed by atoms with E-state index in [-0.39, 0.29) is 17.9 Å². The number of benzene rings is 1. The lowest BCUT2D eigenvalue weighted by Gasteiger charge is -2.33. The molecule has 154 valence electrons. The summed E-state index contributed by atoms with van der Waals surface area (Å²) < 4.78 is 5.53. The van der Waals surface area contributed by atoms with Crippen LogP contribution in [-0.2, 0) is 20.7 Å². The maximum absolute atomic E-state index is 12.4. The average molecular weight is 389 g/mol. The van der Waals surface area contributed by atoms with E-state index in [9.17, 15) is 9.59 Å². The topological polar surface area (TPSA) is 73.9 Å². The smallest absolute Gasteiger partial charge is 0.238 e. The lowest BCUT2D eigenvalue weighted by atomic mass is 10.1. The summed E-state index contributed by atoms with van der Waals surface area (Å²) in [4.78, 5) is 28.8. The summed E-state index contributed by atoms with van der Waals surface area (Å²) in [5.41, 5.74) is 2.05. The van der Waals surface area contributed by atoms with Crippen molar-refractivity contribution in [3.05, 3.63) is 29.8 Å². The van der Waals surface area contributed by atoms with Crippen molar-refractivity contribution in [3.63, 3.8) is 0 Å². The molecule has 0 aliphatic carbocycles. The Morgan fingerprint density at radius 3 is 2.39 bits per heavy atom. The van der Waals surface area contributed by atoms with E-state index in [4.69, 9.17) is 4.74 Å². The largest absolute Gasteiger partial charge is 0.376 e. The van der Waals surface area contributed by atoms with Crippen LogP contribution in [0, 0.1) is 0 Å². The standard InChI is InChI=1S/C21H32N4O3/c1-2-17-6-3-4-8-19(17)23-21(27)16-25-11-9-24(10-12-25)15-20(26)22-14-18-7-5-13-28-18/h3-4,6,8,18H,2,5,7,9-16H2,1H3,(H,22,26)(H,23,27)/t18-/m0/s1. The predicted octanol–water partition coefficient (Wildman–Crippen LogP) is 1.10. The van der Waals surface area contributed by atoms with Gasteiger partial charge in [-0.05, 0) is 30.9 Å². The Morgan fingerprint density at radius 2 is 1.75 bits per heavy atom. The highest BCUT2D eigenvalue weighted by molar-refractivity contribution is 5.93. The van der Waals surface area contributed by atoms with Gasteiger partial charge in [-0.1, -0.05) is 25.1 Å². The number of anilines is 1. The molecule has 7 heteroatoms. The third kappa shape index (κ3) is 6.29. The third-order valence-electron chi connectivity index (χ3n) is 5.42. The molecule has 3 rings (SSSR count). The molecule has 2 amide bonds. The van der Waals surface area contributed by atoms with Crippen LogP contribution in [0.5, 0.6) is 0 Å². The van der Waals surface area contributed by atoms with E-state index >= 15 is 0 Å². The average Bonchev–Trinajstić information content (AvgIpc) is 3.22. The minimum Gasteiger partial charge on any atom is -0.376 e. The van der Waals surface area contributed by atoms with E-state index in [1.807, 2.05) is 24.3 Å². The van der Waals surface area contributed by atoms with Gasteiger partial charge in [-0.2, -0.15) is 0 Å². The molecule has 2 fully saturated rings. The van der Waals surface area contributed by atoms with Crippen LogP contribution in [0.15, 0.2) is 24.3 Å². The van der Waals surface area contributed by atoms with Gasteiger partial charge in [0.25, 0.3) is 0 Å². The van der Waals surface area contributed by atoms with Gasteiger partial charge in [0.05, 0.1) is 19.2 Å². The van der Waals surface area contributed by atoms with E-state index in [1.165, 1.54) is 0 Å². The summed E-state index contributed by atoms with van der Waals surface area (Å²) in [7, 11) is 0. The number of carbonyl (C=O) groups is 2. The van der Waals surface area contributed by atoms with Gasteiger partial charge in [-0.15, -0.1) is 0 Å². The predicted molar refractivity (Wildman–Crippen MR) is 109 cm³/mol. The molecule has 0 radical (unpaired) electrons. The van der Waals surface area contributed by atoms with Gasteiger partial charge in [0.1, 0.15) is 0 Å². The molecule has 0 spiro atoms. The second kappa shape index (κ2) is 10.5. The maximum Gasteiger partial charge on any atom is 0.238 e. The first-order valence-electron chi connectivity index (χ1n) is 10.3. The minimum absolute atomic E-state index is 0.0173. The van der Waals surface area contributed by atoms with Crippen LogP contribution < -0.4 is 10.6 Å². The number of para-hydroxylation sites is 1. The number of hydrogen-bond donors (Lipinski definition) is 2. The summed E-state index contributed by atoms with van der Waals surface area (Å²) in [6, 6.07) is 7.92. The monoisotopic (exact) mass is 388 g/mol. The van der Waals surface area contributed by atoms with Gasteiger partial charge in [0.2, 0.25) is 11.8 Å². The number of rotatable bonds is 8. The van der Waals surface area contributed by atoms with Crippen LogP contribution in [-0.4, -0.2) is 80.1 Å². The first-order valence-corrected chi connectivity index (χ1v) is 10.3. The Bertz CT molecular complexity index is 653. The highest BCUT2D eigenvalue weighted by Crippen LogP contribution is 2.15. The molecule has 2 heterocycles. The molecule has 2 aliphatic rings. The summed E-state index contributed by atoms with van der Waals surface area (Å²) in [6.45, 7) is 7.48. The van der Waals surface area contributed by atoms with Crippen molar-refractivity contribution in [2.24, 2.45) is 0 Å². The number of nitrogens with zero attached hydrogens (tertiary/aromatic N) is 2. The fraction of sp³-hybridized carbons (Fsp3) is 0.619. The van der Waals surface area contributed by atoms with E-state index in [0.717, 1.165) is 63.3 Å². The number of piperazine rings is 1. The number of carbonyl (C=O) groups excluding carboxylic acids is 2. The van der Waals surface area contributed by atoms with Gasteiger partial charge in [-0.25, -0.2) is 0 Å². The summed E-state index contributed by atoms with van der Waals surface area (Å²) in [5.74, 6) is 0.0709. The minimum atomic E-state index is 0.0173. The number of ether oxygens (including phenoxy) is 1. The first-order chi connectivity index (χ1) is 13.6. The fourth-order valence-electron chi connectivity index (χ4n) is 3.74. The summed E-state index contributed by atoms with van der Waals surface area (Å²) >= 11 is 0. The SMILES string of the molecule is CCc1ccccc1NC(=O)CN1CCN(CC(=O)NC[C@@H]2CCCO2)CC1. The van der Waals surface area contributed by atoms with Crippen molar-refractivity contribution in [3.8, 4) is 0 Å². The van der Waals surface area contributed by atoms with Crippen LogP contribution in [0.1, 0.15) is 25.3 Å². The highest BCUT2D eigenvalue weighted by Gasteiger charge is 2.22. The molecule has 1 aromatic carbocycles. The summed E-state index contributed by atoms with van der Waals surface area (Å²) in [6.07, 6.45) is 3.19. The third-order valence-corrected chi connectivity index (χ3v) is 5.42. The molecule has 7 nitrogen and oxygen atoms in total.